The second kappa shape index (κ2) is 6.88. The Morgan fingerprint density at radius 1 is 1.38 bits per heavy atom. The van der Waals surface area contributed by atoms with Gasteiger partial charge in [-0.3, -0.25) is 9.59 Å². The molecule has 0 radical (unpaired) electrons. The van der Waals surface area contributed by atoms with Gasteiger partial charge in [0, 0.05) is 16.9 Å². The number of halogens is 1. The van der Waals surface area contributed by atoms with Crippen molar-refractivity contribution in [3.8, 4) is 6.07 Å². The topological polar surface area (TPSA) is 62.9 Å². The normalized spacial score (nSPS) is 13.6. The van der Waals surface area contributed by atoms with Crippen molar-refractivity contribution in [2.24, 2.45) is 12.5 Å². The third-order valence-corrected chi connectivity index (χ3v) is 5.08. The van der Waals surface area contributed by atoms with Crippen LogP contribution in [0, 0.1) is 16.7 Å². The third-order valence-electron chi connectivity index (χ3n) is 3.41. The second-order valence-electron chi connectivity index (χ2n) is 6.40. The number of hydrogen-bond acceptors (Lipinski definition) is 4. The predicted octanol–water partition coefficient (Wildman–Crippen LogP) is 2.33. The summed E-state index contributed by atoms with van der Waals surface area (Å²) in [5.41, 5.74) is 0.000165. The van der Waals surface area contributed by atoms with E-state index in [4.69, 9.17) is 0 Å². The largest absolute Gasteiger partial charge is 0.301 e. The number of carbonyl (C=O) groups excluding carboxylic acids is 1. The second-order valence-corrected chi connectivity index (χ2v) is 8.35. The van der Waals surface area contributed by atoms with Gasteiger partial charge in [0.15, 0.2) is 5.78 Å². The van der Waals surface area contributed by atoms with Crippen LogP contribution in [-0.4, -0.2) is 10.4 Å². The van der Waals surface area contributed by atoms with E-state index in [1.54, 1.807) is 33.9 Å². The fourth-order valence-corrected chi connectivity index (χ4v) is 3.61. The van der Waals surface area contributed by atoms with Gasteiger partial charge < -0.3 is 4.57 Å². The maximum atomic E-state index is 12.5. The molecular formula is C18H17BrN2O2S. The van der Waals surface area contributed by atoms with Crippen molar-refractivity contribution < 1.29 is 4.79 Å². The molecule has 1 aromatic heterocycles. The molecule has 4 nitrogen and oxygen atoms in total. The summed E-state index contributed by atoms with van der Waals surface area (Å²) in [6.07, 6.45) is 1.76. The Morgan fingerprint density at radius 2 is 2.04 bits per heavy atom. The van der Waals surface area contributed by atoms with Gasteiger partial charge >= 0.3 is 0 Å². The lowest BCUT2D eigenvalue weighted by Crippen LogP contribution is -2.32. The Kier molecular flexibility index (Phi) is 5.26. The van der Waals surface area contributed by atoms with Crippen LogP contribution in [0.25, 0.3) is 11.6 Å². The number of benzene rings is 1. The molecule has 2 aromatic rings. The molecule has 1 aromatic carbocycles. The lowest BCUT2D eigenvalue weighted by molar-refractivity contribution is -0.120. The highest BCUT2D eigenvalue weighted by molar-refractivity contribution is 9.10. The molecule has 0 amide bonds. The Morgan fingerprint density at radius 3 is 2.58 bits per heavy atom. The quantitative estimate of drug-likeness (QED) is 0.771. The van der Waals surface area contributed by atoms with E-state index in [9.17, 15) is 14.9 Å². The SMILES string of the molecule is Cn1c(=O)/c(=C\c2cccc(Br)c2)s/c1=C(/C#N)C(=O)C(C)(C)C. The van der Waals surface area contributed by atoms with E-state index in [0.717, 1.165) is 21.4 Å². The fourth-order valence-electron chi connectivity index (χ4n) is 2.10. The lowest BCUT2D eigenvalue weighted by atomic mass is 9.87. The van der Waals surface area contributed by atoms with Crippen molar-refractivity contribution in [3.63, 3.8) is 0 Å². The van der Waals surface area contributed by atoms with Crippen LogP contribution in [0.1, 0.15) is 26.3 Å². The summed E-state index contributed by atoms with van der Waals surface area (Å²) >= 11 is 4.56. The average molecular weight is 405 g/mol. The molecule has 2 rings (SSSR count). The van der Waals surface area contributed by atoms with Gasteiger partial charge in [0.25, 0.3) is 5.56 Å². The van der Waals surface area contributed by atoms with Crippen LogP contribution in [0.4, 0.5) is 0 Å². The molecule has 0 atom stereocenters. The molecule has 0 N–H and O–H groups in total. The van der Waals surface area contributed by atoms with Gasteiger partial charge in [-0.15, -0.1) is 11.3 Å². The summed E-state index contributed by atoms with van der Waals surface area (Å²) in [7, 11) is 1.58. The zero-order valence-corrected chi connectivity index (χ0v) is 16.3. The fraction of sp³-hybridized carbons (Fsp3) is 0.278. The van der Waals surface area contributed by atoms with Crippen LogP contribution in [0.2, 0.25) is 0 Å². The highest BCUT2D eigenvalue weighted by atomic mass is 79.9. The molecule has 0 unspecified atom stereocenters. The van der Waals surface area contributed by atoms with Crippen LogP contribution >= 0.6 is 27.3 Å². The molecule has 124 valence electrons. The first-order valence-corrected chi connectivity index (χ1v) is 8.88. The van der Waals surface area contributed by atoms with E-state index in [1.165, 1.54) is 4.57 Å². The van der Waals surface area contributed by atoms with Crippen molar-refractivity contribution in [1.29, 1.82) is 5.26 Å². The van der Waals surface area contributed by atoms with Gasteiger partial charge in [-0.25, -0.2) is 0 Å². The summed E-state index contributed by atoms with van der Waals surface area (Å²) in [5.74, 6) is -0.268. The van der Waals surface area contributed by atoms with Crippen LogP contribution in [-0.2, 0) is 11.8 Å². The summed E-state index contributed by atoms with van der Waals surface area (Å²) in [6, 6.07) is 9.54. The number of nitriles is 1. The first-order valence-electron chi connectivity index (χ1n) is 7.27. The van der Waals surface area contributed by atoms with E-state index in [2.05, 4.69) is 15.9 Å². The van der Waals surface area contributed by atoms with E-state index < -0.39 is 5.41 Å². The zero-order chi connectivity index (χ0) is 18.1. The third kappa shape index (κ3) is 3.74. The molecule has 0 aliphatic carbocycles. The maximum absolute atomic E-state index is 12.5. The van der Waals surface area contributed by atoms with Crippen LogP contribution in [0.3, 0.4) is 0 Å². The Labute approximate surface area is 152 Å². The van der Waals surface area contributed by atoms with Gasteiger partial charge in [0.1, 0.15) is 16.3 Å². The summed E-state index contributed by atoms with van der Waals surface area (Å²) in [6.45, 7) is 5.27. The molecule has 0 aliphatic rings. The van der Waals surface area contributed by atoms with E-state index >= 15 is 0 Å². The molecule has 0 spiro atoms. The zero-order valence-electron chi connectivity index (χ0n) is 13.9. The first kappa shape index (κ1) is 18.4. The minimum atomic E-state index is -0.681. The number of ketones is 1. The summed E-state index contributed by atoms with van der Waals surface area (Å²) in [5, 5.41) is 9.43. The Balaban J connectivity index is 2.77. The molecule has 0 saturated heterocycles. The van der Waals surface area contributed by atoms with Crippen molar-refractivity contribution in [3.05, 3.63) is 53.9 Å². The lowest BCUT2D eigenvalue weighted by Gasteiger charge is -2.15. The van der Waals surface area contributed by atoms with Gasteiger partial charge in [-0.2, -0.15) is 5.26 Å². The van der Waals surface area contributed by atoms with Crippen molar-refractivity contribution in [1.82, 2.24) is 4.57 Å². The van der Waals surface area contributed by atoms with E-state index in [0.29, 0.717) is 9.20 Å². The van der Waals surface area contributed by atoms with Gasteiger partial charge in [-0.05, 0) is 23.8 Å². The summed E-state index contributed by atoms with van der Waals surface area (Å²) in [4.78, 5) is 25.0. The van der Waals surface area contributed by atoms with E-state index in [-0.39, 0.29) is 16.9 Å². The highest BCUT2D eigenvalue weighted by Crippen LogP contribution is 2.19. The van der Waals surface area contributed by atoms with Crippen molar-refractivity contribution >= 4 is 44.7 Å². The number of Topliss-reactive ketones (excluding diaryl/α,β-unsaturated/α-hetero) is 1. The first-order chi connectivity index (χ1) is 11.1. The van der Waals surface area contributed by atoms with Crippen LogP contribution in [0.15, 0.2) is 33.5 Å². The minimum Gasteiger partial charge on any atom is -0.301 e. The number of nitrogens with zero attached hydrogens (tertiary/aromatic N) is 2. The molecule has 1 heterocycles. The van der Waals surface area contributed by atoms with Crippen LogP contribution < -0.4 is 14.8 Å². The summed E-state index contributed by atoms with van der Waals surface area (Å²) < 4.78 is 3.16. The number of rotatable bonds is 2. The van der Waals surface area contributed by atoms with Gasteiger partial charge in [-0.1, -0.05) is 48.8 Å². The van der Waals surface area contributed by atoms with Gasteiger partial charge in [0.2, 0.25) is 0 Å². The smallest absolute Gasteiger partial charge is 0.268 e. The molecular weight excluding hydrogens is 388 g/mol. The Bertz CT molecular complexity index is 1020. The number of carbonyl (C=O) groups is 1. The molecule has 0 fully saturated rings. The molecule has 0 saturated carbocycles. The monoisotopic (exact) mass is 404 g/mol. The Hall–Kier alpha value is -1.97. The van der Waals surface area contributed by atoms with Gasteiger partial charge in [0.05, 0.1) is 4.53 Å². The molecule has 0 aliphatic heterocycles. The number of hydrogen-bond donors (Lipinski definition) is 0. The number of thiazole rings is 1. The number of aromatic nitrogens is 1. The average Bonchev–Trinajstić information content (AvgIpc) is 2.76. The van der Waals surface area contributed by atoms with E-state index in [1.807, 2.05) is 30.3 Å². The van der Waals surface area contributed by atoms with Crippen molar-refractivity contribution in [2.45, 2.75) is 20.8 Å². The van der Waals surface area contributed by atoms with Crippen molar-refractivity contribution in [2.75, 3.05) is 0 Å². The minimum absolute atomic E-state index is 0.0287. The molecule has 0 bridgehead atoms. The molecule has 6 heteroatoms. The maximum Gasteiger partial charge on any atom is 0.268 e. The standard InChI is InChI=1S/C18H17BrN2O2S/c1-18(2,3)15(22)13(10-20)17-21(4)16(23)14(24-17)9-11-6-5-7-12(19)8-11/h5-9H,1-4H3/b14-9+,17-13-. The predicted molar refractivity (Wildman–Crippen MR) is 100 cm³/mol. The molecule has 24 heavy (non-hydrogen) atoms. The highest BCUT2D eigenvalue weighted by Gasteiger charge is 2.26. The van der Waals surface area contributed by atoms with Crippen LogP contribution in [0.5, 0.6) is 0 Å².